The molecule has 1 aromatic rings. The number of nitrogens with zero attached hydrogens (tertiary/aromatic N) is 2. The molecule has 5 nitrogen and oxygen atoms in total. The summed E-state index contributed by atoms with van der Waals surface area (Å²) in [7, 11) is 3.07. The summed E-state index contributed by atoms with van der Waals surface area (Å²) in [4.78, 5) is 10.9. The summed E-state index contributed by atoms with van der Waals surface area (Å²) >= 11 is 0. The molecule has 0 radical (unpaired) electrons. The van der Waals surface area contributed by atoms with Crippen LogP contribution in [0.4, 0.5) is 0 Å². The zero-order valence-corrected chi connectivity index (χ0v) is 8.52. The first-order valence-corrected chi connectivity index (χ1v) is 4.30. The van der Waals surface area contributed by atoms with E-state index in [9.17, 15) is 9.90 Å². The standard InChI is InChI=1S/C9H14N2O3/c1-6-4-7(10-11(6)2)8(12)5-9(13)14-3/h4,8,12H,5H2,1-3H3/t8-/m1/s1. The fourth-order valence-corrected chi connectivity index (χ4v) is 1.10. The van der Waals surface area contributed by atoms with Gasteiger partial charge < -0.3 is 9.84 Å². The number of esters is 1. The maximum absolute atomic E-state index is 10.9. The summed E-state index contributed by atoms with van der Waals surface area (Å²) < 4.78 is 6.09. The molecule has 0 amide bonds. The summed E-state index contributed by atoms with van der Waals surface area (Å²) in [6, 6.07) is 1.74. The van der Waals surface area contributed by atoms with E-state index in [4.69, 9.17) is 0 Å². The highest BCUT2D eigenvalue weighted by atomic mass is 16.5. The van der Waals surface area contributed by atoms with Crippen molar-refractivity contribution >= 4 is 5.97 Å². The van der Waals surface area contributed by atoms with Gasteiger partial charge in [0.05, 0.1) is 19.2 Å². The molecule has 0 aliphatic carbocycles. The molecule has 0 bridgehead atoms. The van der Waals surface area contributed by atoms with Crippen LogP contribution in [0, 0.1) is 6.92 Å². The maximum Gasteiger partial charge on any atom is 0.308 e. The van der Waals surface area contributed by atoms with Gasteiger partial charge in [-0.2, -0.15) is 5.10 Å². The average molecular weight is 198 g/mol. The molecule has 0 saturated carbocycles. The van der Waals surface area contributed by atoms with Crippen molar-refractivity contribution in [2.45, 2.75) is 19.4 Å². The quantitative estimate of drug-likeness (QED) is 0.710. The summed E-state index contributed by atoms with van der Waals surface area (Å²) in [5.41, 5.74) is 1.43. The Hall–Kier alpha value is -1.36. The van der Waals surface area contributed by atoms with E-state index in [1.165, 1.54) is 7.11 Å². The molecule has 1 N–H and O–H groups in total. The number of aromatic nitrogens is 2. The highest BCUT2D eigenvalue weighted by Gasteiger charge is 2.16. The molecule has 0 aliphatic heterocycles. The Morgan fingerprint density at radius 1 is 1.79 bits per heavy atom. The van der Waals surface area contributed by atoms with Crippen molar-refractivity contribution in [1.82, 2.24) is 9.78 Å². The lowest BCUT2D eigenvalue weighted by molar-refractivity contribution is -0.142. The first-order valence-electron chi connectivity index (χ1n) is 4.30. The summed E-state index contributed by atoms with van der Waals surface area (Å²) in [6.07, 6.45) is -0.949. The van der Waals surface area contributed by atoms with Gasteiger partial charge in [0, 0.05) is 12.7 Å². The van der Waals surface area contributed by atoms with Crippen LogP contribution in [0.1, 0.15) is 23.9 Å². The molecule has 1 rings (SSSR count). The monoisotopic (exact) mass is 198 g/mol. The molecule has 1 heterocycles. The molecular weight excluding hydrogens is 184 g/mol. The SMILES string of the molecule is COC(=O)C[C@@H](O)c1cc(C)n(C)n1. The molecule has 0 aromatic carbocycles. The first-order chi connectivity index (χ1) is 6.54. The van der Waals surface area contributed by atoms with Gasteiger partial charge in [0.15, 0.2) is 0 Å². The number of carbonyl (C=O) groups is 1. The van der Waals surface area contributed by atoms with Crippen molar-refractivity contribution in [1.29, 1.82) is 0 Å². The van der Waals surface area contributed by atoms with E-state index < -0.39 is 12.1 Å². The highest BCUT2D eigenvalue weighted by Crippen LogP contribution is 2.16. The van der Waals surface area contributed by atoms with Crippen LogP contribution >= 0.6 is 0 Å². The van der Waals surface area contributed by atoms with Crippen LogP contribution in [0.3, 0.4) is 0 Å². The number of aliphatic hydroxyl groups excluding tert-OH is 1. The van der Waals surface area contributed by atoms with Crippen LogP contribution in [0.25, 0.3) is 0 Å². The van der Waals surface area contributed by atoms with Gasteiger partial charge >= 0.3 is 5.97 Å². The van der Waals surface area contributed by atoms with Crippen molar-refractivity contribution in [2.75, 3.05) is 7.11 Å². The largest absolute Gasteiger partial charge is 0.469 e. The number of hydrogen-bond acceptors (Lipinski definition) is 4. The Bertz CT molecular complexity index is 313. The van der Waals surface area contributed by atoms with E-state index in [0.717, 1.165) is 5.69 Å². The molecule has 0 saturated heterocycles. The lowest BCUT2D eigenvalue weighted by atomic mass is 10.2. The fraction of sp³-hybridized carbons (Fsp3) is 0.556. The van der Waals surface area contributed by atoms with Gasteiger partial charge in [-0.05, 0) is 13.0 Å². The van der Waals surface area contributed by atoms with Gasteiger partial charge in [-0.1, -0.05) is 0 Å². The molecule has 0 fully saturated rings. The number of carbonyl (C=O) groups excluding carboxylic acids is 1. The van der Waals surface area contributed by atoms with Crippen molar-refractivity contribution in [3.63, 3.8) is 0 Å². The number of methoxy groups -OCH3 is 1. The Labute approximate surface area is 82.3 Å². The Morgan fingerprint density at radius 2 is 2.43 bits per heavy atom. The third-order valence-electron chi connectivity index (χ3n) is 2.06. The molecule has 1 atom stereocenters. The highest BCUT2D eigenvalue weighted by molar-refractivity contribution is 5.69. The molecule has 1 aromatic heterocycles. The second-order valence-corrected chi connectivity index (χ2v) is 3.13. The third kappa shape index (κ3) is 2.32. The minimum atomic E-state index is -0.887. The van der Waals surface area contributed by atoms with E-state index in [1.54, 1.807) is 17.8 Å². The smallest absolute Gasteiger partial charge is 0.308 e. The predicted octanol–water partition coefficient (Wildman–Crippen LogP) is 0.325. The second-order valence-electron chi connectivity index (χ2n) is 3.13. The van der Waals surface area contributed by atoms with Crippen LogP contribution < -0.4 is 0 Å². The Morgan fingerprint density at radius 3 is 2.86 bits per heavy atom. The van der Waals surface area contributed by atoms with E-state index in [-0.39, 0.29) is 6.42 Å². The first kappa shape index (κ1) is 10.7. The van der Waals surface area contributed by atoms with E-state index >= 15 is 0 Å². The van der Waals surface area contributed by atoms with Gasteiger partial charge in [0.2, 0.25) is 0 Å². The Balaban J connectivity index is 2.69. The minimum Gasteiger partial charge on any atom is -0.469 e. The predicted molar refractivity (Wildman–Crippen MR) is 49.5 cm³/mol. The van der Waals surface area contributed by atoms with Crippen molar-refractivity contribution < 1.29 is 14.6 Å². The number of ether oxygens (including phenoxy) is 1. The van der Waals surface area contributed by atoms with Crippen LogP contribution in [0.5, 0.6) is 0 Å². The van der Waals surface area contributed by atoms with Gasteiger partial charge in [0.1, 0.15) is 6.10 Å². The number of rotatable bonds is 3. The van der Waals surface area contributed by atoms with Crippen LogP contribution in [-0.2, 0) is 16.6 Å². The molecule has 5 heteroatoms. The normalized spacial score (nSPS) is 12.6. The van der Waals surface area contributed by atoms with Gasteiger partial charge in [0.25, 0.3) is 0 Å². The lowest BCUT2D eigenvalue weighted by Crippen LogP contribution is -2.08. The van der Waals surface area contributed by atoms with Gasteiger partial charge in [-0.25, -0.2) is 0 Å². The minimum absolute atomic E-state index is 0.0625. The van der Waals surface area contributed by atoms with Crippen LogP contribution in [-0.4, -0.2) is 28.0 Å². The van der Waals surface area contributed by atoms with Crippen molar-refractivity contribution in [2.24, 2.45) is 7.05 Å². The lowest BCUT2D eigenvalue weighted by Gasteiger charge is -2.04. The van der Waals surface area contributed by atoms with E-state index in [1.807, 2.05) is 6.92 Å². The van der Waals surface area contributed by atoms with Crippen molar-refractivity contribution in [3.8, 4) is 0 Å². The van der Waals surface area contributed by atoms with Crippen LogP contribution in [0.15, 0.2) is 6.07 Å². The number of aliphatic hydroxyl groups is 1. The maximum atomic E-state index is 10.9. The third-order valence-corrected chi connectivity index (χ3v) is 2.06. The van der Waals surface area contributed by atoms with Crippen LogP contribution in [0.2, 0.25) is 0 Å². The summed E-state index contributed by atoms with van der Waals surface area (Å²) in [5, 5.41) is 13.6. The molecule has 0 spiro atoms. The number of aryl methyl sites for hydroxylation is 2. The Kier molecular flexibility index (Phi) is 3.24. The zero-order chi connectivity index (χ0) is 10.7. The van der Waals surface area contributed by atoms with Gasteiger partial charge in [-0.3, -0.25) is 9.48 Å². The average Bonchev–Trinajstić information content (AvgIpc) is 2.47. The zero-order valence-electron chi connectivity index (χ0n) is 8.52. The van der Waals surface area contributed by atoms with Crippen molar-refractivity contribution in [3.05, 3.63) is 17.5 Å². The summed E-state index contributed by atoms with van der Waals surface area (Å²) in [5.74, 6) is -0.444. The molecular formula is C9H14N2O3. The molecule has 0 unspecified atom stereocenters. The molecule has 78 valence electrons. The number of hydrogen-bond donors (Lipinski definition) is 1. The summed E-state index contributed by atoms with van der Waals surface area (Å²) in [6.45, 7) is 1.88. The molecule has 14 heavy (non-hydrogen) atoms. The topological polar surface area (TPSA) is 64.3 Å². The van der Waals surface area contributed by atoms with E-state index in [2.05, 4.69) is 9.84 Å². The fourth-order valence-electron chi connectivity index (χ4n) is 1.10. The van der Waals surface area contributed by atoms with Gasteiger partial charge in [-0.15, -0.1) is 0 Å². The van der Waals surface area contributed by atoms with E-state index in [0.29, 0.717) is 5.69 Å². The molecule has 0 aliphatic rings. The second kappa shape index (κ2) is 4.23.